The smallest absolute Gasteiger partial charge is 0.0163 e. The highest BCUT2D eigenvalue weighted by atomic mass is 13.8. The molecule has 0 heterocycles. The molecule has 0 aromatic rings. The van der Waals surface area contributed by atoms with Crippen LogP contribution >= 0.6 is 0 Å². The van der Waals surface area contributed by atoms with E-state index >= 15 is 0 Å². The molecule has 0 saturated heterocycles. The molecule has 2 rings (SSSR count). The lowest BCUT2D eigenvalue weighted by Crippen LogP contribution is -1.37. The van der Waals surface area contributed by atoms with E-state index in [1.165, 1.54) is 12.8 Å². The Bertz CT molecular complexity index is 160. The molecular weight excluding hydrogens is 252 g/mol. The van der Waals surface area contributed by atoms with E-state index in [-0.39, 0.29) is 7.43 Å². The molecule has 2 aliphatic carbocycles. The lowest BCUT2D eigenvalue weighted by molar-refractivity contribution is 1.09. The van der Waals surface area contributed by atoms with Crippen LogP contribution in [0, 0.1) is 0 Å². The molecule has 0 nitrogen and oxygen atoms in total. The third-order valence-corrected chi connectivity index (χ3v) is 1.31. The molecule has 0 spiro atoms. The summed E-state index contributed by atoms with van der Waals surface area (Å²) in [6, 6.07) is 0. The largest absolute Gasteiger partial charge is 0.0808 e. The number of allylic oxidation sites excluding steroid dienone is 8. The van der Waals surface area contributed by atoms with Gasteiger partial charge in [-0.1, -0.05) is 124 Å². The minimum Gasteiger partial charge on any atom is -0.0808 e. The molecule has 0 radical (unpaired) electrons. The average molecular weight is 297 g/mol. The quantitative estimate of drug-likeness (QED) is 0.420. The molecule has 0 bridgehead atoms. The minimum absolute atomic E-state index is 0. The highest BCUT2D eigenvalue weighted by Crippen LogP contribution is 1.93. The van der Waals surface area contributed by atoms with Gasteiger partial charge in [0, 0.05) is 0 Å². The molecule has 128 valence electrons. The molecule has 0 aromatic carbocycles. The SMILES string of the molecule is C.C1=CCC=C1.C1=CCC=C1.CC.CC.CCC.CCC. The molecular formula is C21H44. The van der Waals surface area contributed by atoms with Crippen molar-refractivity contribution in [3.05, 3.63) is 48.6 Å². The van der Waals surface area contributed by atoms with Gasteiger partial charge in [-0.2, -0.15) is 0 Å². The Kier molecular flexibility index (Phi) is 77.7. The van der Waals surface area contributed by atoms with Gasteiger partial charge in [0.1, 0.15) is 0 Å². The maximum absolute atomic E-state index is 2.12. The van der Waals surface area contributed by atoms with E-state index in [0.29, 0.717) is 0 Å². The molecule has 0 aromatic heterocycles. The van der Waals surface area contributed by atoms with Crippen LogP contribution in [-0.2, 0) is 0 Å². The zero-order valence-electron chi connectivity index (χ0n) is 15.4. The van der Waals surface area contributed by atoms with Crippen molar-refractivity contribution in [1.82, 2.24) is 0 Å². The third-order valence-electron chi connectivity index (χ3n) is 1.31. The normalized spacial score (nSPS) is 10.7. The first-order valence-electron chi connectivity index (χ1n) is 8.46. The van der Waals surface area contributed by atoms with Gasteiger partial charge in [0.15, 0.2) is 0 Å². The second-order valence-corrected chi connectivity index (χ2v) is 3.60. The average Bonchev–Trinajstić information content (AvgIpc) is 3.23. The van der Waals surface area contributed by atoms with Crippen LogP contribution in [0.15, 0.2) is 48.6 Å². The van der Waals surface area contributed by atoms with Crippen LogP contribution in [0.1, 0.15) is 88.5 Å². The van der Waals surface area contributed by atoms with Crippen LogP contribution < -0.4 is 0 Å². The fraction of sp³-hybridized carbons (Fsp3) is 0.619. The molecule has 21 heavy (non-hydrogen) atoms. The monoisotopic (exact) mass is 296 g/mol. The summed E-state index contributed by atoms with van der Waals surface area (Å²) in [5.41, 5.74) is 0. The molecule has 0 saturated carbocycles. The zero-order valence-corrected chi connectivity index (χ0v) is 15.4. The Balaban J connectivity index is -0.0000000508. The molecule has 0 N–H and O–H groups in total. The fourth-order valence-electron chi connectivity index (χ4n) is 0.786. The van der Waals surface area contributed by atoms with Gasteiger partial charge in [0.05, 0.1) is 0 Å². The fourth-order valence-corrected chi connectivity index (χ4v) is 0.786. The maximum atomic E-state index is 2.12. The van der Waals surface area contributed by atoms with Crippen LogP contribution in [0.3, 0.4) is 0 Å². The minimum atomic E-state index is 0. The lowest BCUT2D eigenvalue weighted by Gasteiger charge is -1.57. The molecule has 0 aliphatic heterocycles. The van der Waals surface area contributed by atoms with E-state index < -0.39 is 0 Å². The van der Waals surface area contributed by atoms with Gasteiger partial charge in [-0.15, -0.1) is 0 Å². The summed E-state index contributed by atoms with van der Waals surface area (Å²) in [5.74, 6) is 0. The van der Waals surface area contributed by atoms with Crippen molar-refractivity contribution in [3.63, 3.8) is 0 Å². The van der Waals surface area contributed by atoms with Gasteiger partial charge in [-0.05, 0) is 12.8 Å². The highest BCUT2D eigenvalue weighted by molar-refractivity contribution is 5.12. The van der Waals surface area contributed by atoms with Crippen LogP contribution in [-0.4, -0.2) is 0 Å². The maximum Gasteiger partial charge on any atom is -0.0163 e. The predicted molar refractivity (Wildman–Crippen MR) is 107 cm³/mol. The number of rotatable bonds is 0. The Morgan fingerprint density at radius 3 is 0.714 bits per heavy atom. The first-order valence-corrected chi connectivity index (χ1v) is 8.46. The first-order chi connectivity index (χ1) is 9.83. The Labute approximate surface area is 137 Å². The van der Waals surface area contributed by atoms with Gasteiger partial charge in [0.25, 0.3) is 0 Å². The van der Waals surface area contributed by atoms with Crippen molar-refractivity contribution < 1.29 is 0 Å². The van der Waals surface area contributed by atoms with Crippen LogP contribution in [0.25, 0.3) is 0 Å². The van der Waals surface area contributed by atoms with Crippen LogP contribution in [0.4, 0.5) is 0 Å². The summed E-state index contributed by atoms with van der Waals surface area (Å²) < 4.78 is 0. The highest BCUT2D eigenvalue weighted by Gasteiger charge is 1.72. The van der Waals surface area contributed by atoms with Crippen LogP contribution in [0.5, 0.6) is 0 Å². The Morgan fingerprint density at radius 1 is 0.524 bits per heavy atom. The third kappa shape index (κ3) is 67.9. The van der Waals surface area contributed by atoms with Gasteiger partial charge in [-0.25, -0.2) is 0 Å². The molecule has 2 aliphatic rings. The second-order valence-electron chi connectivity index (χ2n) is 3.60. The van der Waals surface area contributed by atoms with Crippen molar-refractivity contribution in [3.8, 4) is 0 Å². The van der Waals surface area contributed by atoms with E-state index in [4.69, 9.17) is 0 Å². The zero-order chi connectivity index (χ0) is 16.5. The van der Waals surface area contributed by atoms with Crippen molar-refractivity contribution >= 4 is 0 Å². The van der Waals surface area contributed by atoms with Gasteiger partial charge in [-0.3, -0.25) is 0 Å². The van der Waals surface area contributed by atoms with E-state index in [0.717, 1.165) is 12.8 Å². The second kappa shape index (κ2) is 50.9. The Hall–Kier alpha value is -1.04. The number of hydrogen-bond acceptors (Lipinski definition) is 0. The number of hydrogen-bond donors (Lipinski definition) is 0. The molecule has 0 fully saturated rings. The van der Waals surface area contributed by atoms with E-state index in [9.17, 15) is 0 Å². The van der Waals surface area contributed by atoms with Gasteiger partial charge >= 0.3 is 0 Å². The van der Waals surface area contributed by atoms with Gasteiger partial charge < -0.3 is 0 Å². The summed E-state index contributed by atoms with van der Waals surface area (Å²) in [6.07, 6.45) is 21.5. The summed E-state index contributed by atoms with van der Waals surface area (Å²) in [4.78, 5) is 0. The summed E-state index contributed by atoms with van der Waals surface area (Å²) in [6.45, 7) is 16.5. The standard InChI is InChI=1S/2C5H6.2C3H8.2C2H6.CH4/c2*1-2-4-5-3-1;2*1-3-2;2*1-2;/h2*1-4H,5H2;2*3H2,1-2H3;2*1-2H3;1H4. The van der Waals surface area contributed by atoms with E-state index in [2.05, 4.69) is 76.3 Å². The predicted octanol–water partition coefficient (Wildman–Crippen LogP) is 8.53. The van der Waals surface area contributed by atoms with Gasteiger partial charge in [0.2, 0.25) is 0 Å². The molecule has 0 heteroatoms. The molecule has 0 unspecified atom stereocenters. The first kappa shape index (κ1) is 32.1. The lowest BCUT2D eigenvalue weighted by atomic mass is 10.5. The topological polar surface area (TPSA) is 0 Å². The Morgan fingerprint density at radius 2 is 0.667 bits per heavy atom. The molecule has 0 atom stereocenters. The van der Waals surface area contributed by atoms with Crippen molar-refractivity contribution in [2.45, 2.75) is 88.5 Å². The van der Waals surface area contributed by atoms with E-state index in [1.54, 1.807) is 0 Å². The van der Waals surface area contributed by atoms with Crippen molar-refractivity contribution in [2.75, 3.05) is 0 Å². The van der Waals surface area contributed by atoms with Crippen molar-refractivity contribution in [2.24, 2.45) is 0 Å². The van der Waals surface area contributed by atoms with Crippen molar-refractivity contribution in [1.29, 1.82) is 0 Å². The molecule has 0 amide bonds. The van der Waals surface area contributed by atoms with E-state index in [1.807, 2.05) is 27.7 Å². The summed E-state index contributed by atoms with van der Waals surface area (Å²) in [7, 11) is 0. The summed E-state index contributed by atoms with van der Waals surface area (Å²) in [5, 5.41) is 0. The summed E-state index contributed by atoms with van der Waals surface area (Å²) >= 11 is 0. The van der Waals surface area contributed by atoms with Crippen LogP contribution in [0.2, 0.25) is 0 Å².